The maximum absolute atomic E-state index is 15.5. The van der Waals surface area contributed by atoms with Crippen LogP contribution in [0.5, 0.6) is 0 Å². The lowest BCUT2D eigenvalue weighted by atomic mass is 10.0. The van der Waals surface area contributed by atoms with Gasteiger partial charge in [-0.05, 0) is 48.7 Å². The van der Waals surface area contributed by atoms with Crippen LogP contribution >= 0.6 is 0 Å². The fourth-order valence-electron chi connectivity index (χ4n) is 3.95. The van der Waals surface area contributed by atoms with E-state index in [4.69, 9.17) is 5.73 Å². The first-order valence-corrected chi connectivity index (χ1v) is 10.6. The Morgan fingerprint density at radius 2 is 2.06 bits per heavy atom. The van der Waals surface area contributed by atoms with Crippen molar-refractivity contribution < 1.29 is 19.1 Å². The molecule has 8 nitrogen and oxygen atoms in total. The van der Waals surface area contributed by atoms with Crippen molar-refractivity contribution in [3.63, 3.8) is 0 Å². The summed E-state index contributed by atoms with van der Waals surface area (Å²) >= 11 is 0. The van der Waals surface area contributed by atoms with Gasteiger partial charge in [-0.25, -0.2) is 4.39 Å². The van der Waals surface area contributed by atoms with E-state index in [9.17, 15) is 14.7 Å². The molecule has 168 valence electrons. The van der Waals surface area contributed by atoms with Crippen molar-refractivity contribution in [2.24, 2.45) is 0 Å². The largest absolute Gasteiger partial charge is 0.399 e. The third-order valence-electron chi connectivity index (χ3n) is 5.80. The first-order chi connectivity index (χ1) is 15.9. The number of carbonyl (C=O) groups is 2. The Labute approximate surface area is 188 Å². The van der Waals surface area contributed by atoms with E-state index in [2.05, 4.69) is 10.4 Å². The number of aliphatic hydroxyl groups is 1. The number of anilines is 2. The number of aliphatic hydroxyl groups excluding tert-OH is 1. The molecule has 4 aromatic rings. The smallest absolute Gasteiger partial charge is 0.257 e. The molecule has 0 unspecified atom stereocenters. The molecule has 3 aromatic heterocycles. The van der Waals surface area contributed by atoms with Crippen molar-refractivity contribution in [3.05, 3.63) is 71.6 Å². The number of rotatable bonds is 6. The molecule has 33 heavy (non-hydrogen) atoms. The summed E-state index contributed by atoms with van der Waals surface area (Å²) in [4.78, 5) is 25.2. The van der Waals surface area contributed by atoms with Gasteiger partial charge in [0.15, 0.2) is 11.6 Å². The molecule has 1 fully saturated rings. The van der Waals surface area contributed by atoms with Gasteiger partial charge in [-0.1, -0.05) is 0 Å². The van der Waals surface area contributed by atoms with Crippen LogP contribution in [0.25, 0.3) is 16.6 Å². The van der Waals surface area contributed by atoms with Crippen LogP contribution in [0.4, 0.5) is 15.8 Å². The molecule has 0 atom stereocenters. The number of amides is 1. The molecule has 0 aliphatic heterocycles. The first kappa shape index (κ1) is 20.9. The number of Topliss-reactive ketones (excluding diaryl/α,β-unsaturated/α-hetero) is 1. The predicted octanol–water partition coefficient (Wildman–Crippen LogP) is 3.81. The third kappa shape index (κ3) is 3.76. The molecule has 1 amide bonds. The topological polar surface area (TPSA) is 115 Å². The lowest BCUT2D eigenvalue weighted by molar-refractivity contribution is 0.101. The summed E-state index contributed by atoms with van der Waals surface area (Å²) < 4.78 is 18.9. The van der Waals surface area contributed by atoms with Gasteiger partial charge in [-0.15, -0.1) is 0 Å². The summed E-state index contributed by atoms with van der Waals surface area (Å²) in [6.45, 7) is 1.07. The Kier molecular flexibility index (Phi) is 4.98. The average Bonchev–Trinajstić information content (AvgIpc) is 3.39. The molecule has 0 saturated heterocycles. The second-order valence-corrected chi connectivity index (χ2v) is 8.27. The highest BCUT2D eigenvalue weighted by Gasteiger charge is 2.25. The van der Waals surface area contributed by atoms with E-state index >= 15 is 4.39 Å². The van der Waals surface area contributed by atoms with Gasteiger partial charge < -0.3 is 20.6 Å². The number of halogens is 1. The SMILES string of the molecule is CC(=O)c1cc(C(=O)Nc2cc(CO)cc(-c3cnn(C4CC4)c3)c2F)c2cc(N)ccn12. The van der Waals surface area contributed by atoms with Gasteiger partial charge in [0, 0.05) is 36.1 Å². The van der Waals surface area contributed by atoms with Crippen molar-refractivity contribution >= 4 is 28.6 Å². The summed E-state index contributed by atoms with van der Waals surface area (Å²) in [7, 11) is 0. The number of fused-ring (bicyclic) bond motifs is 1. The molecule has 1 saturated carbocycles. The number of nitrogens with zero attached hydrogens (tertiary/aromatic N) is 3. The van der Waals surface area contributed by atoms with Crippen molar-refractivity contribution in [3.8, 4) is 11.1 Å². The molecule has 1 aromatic carbocycles. The Morgan fingerprint density at radius 1 is 1.27 bits per heavy atom. The predicted molar refractivity (Wildman–Crippen MR) is 122 cm³/mol. The van der Waals surface area contributed by atoms with Gasteiger partial charge in [0.2, 0.25) is 0 Å². The maximum Gasteiger partial charge on any atom is 0.257 e. The summed E-state index contributed by atoms with van der Waals surface area (Å²) in [6.07, 6.45) is 7.04. The number of carbonyl (C=O) groups excluding carboxylic acids is 2. The minimum atomic E-state index is -0.634. The minimum Gasteiger partial charge on any atom is -0.399 e. The van der Waals surface area contributed by atoms with Crippen LogP contribution in [0.3, 0.4) is 0 Å². The minimum absolute atomic E-state index is 0.0756. The van der Waals surface area contributed by atoms with Gasteiger partial charge in [0.25, 0.3) is 5.91 Å². The Bertz CT molecular complexity index is 1420. The third-order valence-corrected chi connectivity index (χ3v) is 5.80. The molecule has 4 N–H and O–H groups in total. The van der Waals surface area contributed by atoms with E-state index in [0.717, 1.165) is 12.8 Å². The van der Waals surface area contributed by atoms with Crippen molar-refractivity contribution in [2.45, 2.75) is 32.4 Å². The molecule has 1 aliphatic rings. The highest BCUT2D eigenvalue weighted by molar-refractivity contribution is 6.11. The number of nitrogen functional groups attached to an aromatic ring is 1. The number of nitrogens with one attached hydrogen (secondary N) is 1. The van der Waals surface area contributed by atoms with Crippen LogP contribution in [0.2, 0.25) is 0 Å². The van der Waals surface area contributed by atoms with E-state index in [0.29, 0.717) is 34.1 Å². The Hall–Kier alpha value is -3.98. The first-order valence-electron chi connectivity index (χ1n) is 10.6. The van der Waals surface area contributed by atoms with Crippen LogP contribution in [0.1, 0.15) is 52.2 Å². The quantitative estimate of drug-likeness (QED) is 0.389. The van der Waals surface area contributed by atoms with Crippen LogP contribution < -0.4 is 11.1 Å². The van der Waals surface area contributed by atoms with Crippen LogP contribution in [0.15, 0.2) is 48.9 Å². The molecular formula is C24H22FN5O3. The van der Waals surface area contributed by atoms with Gasteiger partial charge >= 0.3 is 0 Å². The molecule has 0 bridgehead atoms. The summed E-state index contributed by atoms with van der Waals surface area (Å²) in [5.41, 5.74) is 8.40. The van der Waals surface area contributed by atoms with E-state index in [1.807, 2.05) is 0 Å². The lowest BCUT2D eigenvalue weighted by Crippen LogP contribution is -2.13. The number of hydrogen-bond acceptors (Lipinski definition) is 5. The zero-order chi connectivity index (χ0) is 23.3. The van der Waals surface area contributed by atoms with Gasteiger partial charge in [0.1, 0.15) is 0 Å². The average molecular weight is 447 g/mol. The van der Waals surface area contributed by atoms with E-state index in [-0.39, 0.29) is 29.2 Å². The van der Waals surface area contributed by atoms with Gasteiger partial charge in [-0.3, -0.25) is 14.3 Å². The number of ketones is 1. The number of benzene rings is 1. The Morgan fingerprint density at radius 3 is 2.76 bits per heavy atom. The zero-order valence-electron chi connectivity index (χ0n) is 17.9. The second kappa shape index (κ2) is 7.86. The van der Waals surface area contributed by atoms with Crippen molar-refractivity contribution in [2.75, 3.05) is 11.1 Å². The van der Waals surface area contributed by atoms with Gasteiger partial charge in [0.05, 0.1) is 41.3 Å². The fourth-order valence-corrected chi connectivity index (χ4v) is 3.95. The number of nitrogens with two attached hydrogens (primary N) is 1. The molecule has 1 aliphatic carbocycles. The van der Waals surface area contributed by atoms with Crippen LogP contribution in [-0.4, -0.2) is 31.0 Å². The normalized spacial score (nSPS) is 13.4. The summed E-state index contributed by atoms with van der Waals surface area (Å²) in [5.74, 6) is -1.46. The lowest BCUT2D eigenvalue weighted by Gasteiger charge is -2.12. The number of pyridine rings is 1. The summed E-state index contributed by atoms with van der Waals surface area (Å²) in [5, 5.41) is 16.6. The fraction of sp³-hybridized carbons (Fsp3) is 0.208. The molecule has 0 spiro atoms. The highest BCUT2D eigenvalue weighted by atomic mass is 19.1. The number of hydrogen-bond donors (Lipinski definition) is 3. The van der Waals surface area contributed by atoms with E-state index in [1.54, 1.807) is 45.9 Å². The van der Waals surface area contributed by atoms with Crippen molar-refractivity contribution in [1.82, 2.24) is 14.2 Å². The maximum atomic E-state index is 15.5. The molecule has 5 rings (SSSR count). The van der Waals surface area contributed by atoms with E-state index in [1.165, 1.54) is 19.1 Å². The van der Waals surface area contributed by atoms with Crippen LogP contribution in [-0.2, 0) is 6.61 Å². The molecule has 3 heterocycles. The van der Waals surface area contributed by atoms with Crippen LogP contribution in [0, 0.1) is 5.82 Å². The standard InChI is InChI=1S/C24H22FN5O3/c1-13(32)21-9-19(22-8-16(26)4-5-29(21)22)24(33)28-20-7-14(12-31)6-18(23(20)25)15-10-27-30(11-15)17-2-3-17/h4-11,17,31H,2-3,12,26H2,1H3,(H,28,33). The Balaban J connectivity index is 1.54. The molecule has 0 radical (unpaired) electrons. The van der Waals surface area contributed by atoms with Crippen molar-refractivity contribution in [1.29, 1.82) is 0 Å². The molecular weight excluding hydrogens is 425 g/mol. The highest BCUT2D eigenvalue weighted by Crippen LogP contribution is 2.36. The molecule has 9 heteroatoms. The zero-order valence-corrected chi connectivity index (χ0v) is 17.9. The van der Waals surface area contributed by atoms with Gasteiger partial charge in [-0.2, -0.15) is 5.10 Å². The monoisotopic (exact) mass is 447 g/mol. The summed E-state index contributed by atoms with van der Waals surface area (Å²) in [6, 6.07) is 7.94. The van der Waals surface area contributed by atoms with E-state index < -0.39 is 11.7 Å². The second-order valence-electron chi connectivity index (χ2n) is 8.27. The number of aromatic nitrogens is 3.